The molecule has 22 heavy (non-hydrogen) atoms. The summed E-state index contributed by atoms with van der Waals surface area (Å²) in [4.78, 5) is 27.3. The van der Waals surface area contributed by atoms with E-state index in [0.29, 0.717) is 17.3 Å². The minimum atomic E-state index is -1.02. The zero-order chi connectivity index (χ0) is 16.1. The van der Waals surface area contributed by atoms with Gasteiger partial charge < -0.3 is 15.2 Å². The molecule has 2 aromatic rings. The quantitative estimate of drug-likeness (QED) is 0.854. The maximum Gasteiger partial charge on any atom is 0.341 e. The summed E-state index contributed by atoms with van der Waals surface area (Å²) in [5.74, 6) is -0.605. The number of rotatable bonds is 6. The van der Waals surface area contributed by atoms with Gasteiger partial charge in [0.25, 0.3) is 0 Å². The van der Waals surface area contributed by atoms with Crippen molar-refractivity contribution in [3.8, 4) is 17.0 Å². The lowest BCUT2D eigenvalue weighted by Gasteiger charge is -2.04. The number of aryl methyl sites for hydroxylation is 1. The van der Waals surface area contributed by atoms with E-state index in [0.717, 1.165) is 16.1 Å². The van der Waals surface area contributed by atoms with E-state index >= 15 is 0 Å². The van der Waals surface area contributed by atoms with Crippen molar-refractivity contribution in [1.82, 2.24) is 4.98 Å². The number of benzene rings is 1. The molecule has 0 saturated heterocycles. The Morgan fingerprint density at radius 1 is 1.32 bits per heavy atom. The van der Waals surface area contributed by atoms with Crippen LogP contribution in [0.5, 0.6) is 5.75 Å². The second-order valence-electron chi connectivity index (χ2n) is 4.53. The highest BCUT2D eigenvalue weighted by atomic mass is 32.1. The van der Waals surface area contributed by atoms with Gasteiger partial charge in [0, 0.05) is 16.9 Å². The van der Waals surface area contributed by atoms with Crippen molar-refractivity contribution in [2.75, 3.05) is 11.9 Å². The van der Waals surface area contributed by atoms with Crippen LogP contribution in [0.1, 0.15) is 18.2 Å². The van der Waals surface area contributed by atoms with Crippen LogP contribution in [-0.2, 0) is 9.59 Å². The highest BCUT2D eigenvalue weighted by Crippen LogP contribution is 2.31. The molecule has 0 aliphatic carbocycles. The summed E-state index contributed by atoms with van der Waals surface area (Å²) in [5.41, 5.74) is 1.68. The molecule has 0 spiro atoms. The lowest BCUT2D eigenvalue weighted by Crippen LogP contribution is -2.09. The fraction of sp³-hybridized carbons (Fsp3) is 0.267. The summed E-state index contributed by atoms with van der Waals surface area (Å²) in [6.45, 7) is 3.35. The first-order valence-electron chi connectivity index (χ1n) is 6.72. The smallest absolute Gasteiger partial charge is 0.341 e. The summed E-state index contributed by atoms with van der Waals surface area (Å²) >= 11 is 1.42. The maximum absolute atomic E-state index is 11.4. The van der Waals surface area contributed by atoms with Gasteiger partial charge in [-0.05, 0) is 31.2 Å². The van der Waals surface area contributed by atoms with Gasteiger partial charge in [0.1, 0.15) is 5.75 Å². The third-order valence-corrected chi connectivity index (χ3v) is 3.74. The SMILES string of the molecule is CCC(=O)Nc1nc(-c2ccc(OCC(=O)O)cc2)c(C)s1. The Balaban J connectivity index is 2.14. The summed E-state index contributed by atoms with van der Waals surface area (Å²) in [5, 5.41) is 11.9. The number of carboxylic acids is 1. The standard InChI is InChI=1S/C15H16N2O4S/c1-3-12(18)16-15-17-14(9(2)22-15)10-4-6-11(7-5-10)21-8-13(19)20/h4-7H,3,8H2,1-2H3,(H,19,20)(H,16,17,18). The predicted molar refractivity (Wildman–Crippen MR) is 84.3 cm³/mol. The lowest BCUT2D eigenvalue weighted by atomic mass is 10.1. The van der Waals surface area contributed by atoms with E-state index in [4.69, 9.17) is 9.84 Å². The molecule has 6 nitrogen and oxygen atoms in total. The number of hydrogen-bond donors (Lipinski definition) is 2. The zero-order valence-electron chi connectivity index (χ0n) is 12.3. The van der Waals surface area contributed by atoms with E-state index in [1.807, 2.05) is 19.1 Å². The number of ether oxygens (including phenoxy) is 1. The molecule has 0 aliphatic rings. The molecule has 1 amide bonds. The van der Waals surface area contributed by atoms with Crippen LogP contribution in [0.25, 0.3) is 11.3 Å². The molecule has 0 aliphatic heterocycles. The Labute approximate surface area is 131 Å². The molecular weight excluding hydrogens is 304 g/mol. The number of carboxylic acid groups (broad SMARTS) is 1. The summed E-state index contributed by atoms with van der Waals surface area (Å²) in [6, 6.07) is 7.01. The molecule has 0 unspecified atom stereocenters. The Morgan fingerprint density at radius 3 is 2.59 bits per heavy atom. The number of thiazole rings is 1. The van der Waals surface area contributed by atoms with E-state index < -0.39 is 5.97 Å². The average Bonchev–Trinajstić information content (AvgIpc) is 2.86. The van der Waals surface area contributed by atoms with Crippen molar-refractivity contribution in [2.45, 2.75) is 20.3 Å². The number of carbonyl (C=O) groups is 2. The van der Waals surface area contributed by atoms with Gasteiger partial charge in [-0.1, -0.05) is 6.92 Å². The minimum absolute atomic E-state index is 0.0716. The molecule has 1 heterocycles. The van der Waals surface area contributed by atoms with Gasteiger partial charge in [0.15, 0.2) is 11.7 Å². The highest BCUT2D eigenvalue weighted by molar-refractivity contribution is 7.16. The van der Waals surface area contributed by atoms with Crippen LogP contribution in [0.2, 0.25) is 0 Å². The van der Waals surface area contributed by atoms with Crippen molar-refractivity contribution in [1.29, 1.82) is 0 Å². The van der Waals surface area contributed by atoms with Gasteiger partial charge in [-0.25, -0.2) is 9.78 Å². The molecule has 0 radical (unpaired) electrons. The van der Waals surface area contributed by atoms with Crippen molar-refractivity contribution in [3.63, 3.8) is 0 Å². The normalized spacial score (nSPS) is 10.3. The van der Waals surface area contributed by atoms with Crippen LogP contribution < -0.4 is 10.1 Å². The number of nitrogens with one attached hydrogen (secondary N) is 1. The molecule has 7 heteroatoms. The van der Waals surface area contributed by atoms with Crippen LogP contribution in [0.15, 0.2) is 24.3 Å². The van der Waals surface area contributed by atoms with E-state index in [9.17, 15) is 9.59 Å². The number of nitrogens with zero attached hydrogens (tertiary/aromatic N) is 1. The Kier molecular flexibility index (Phi) is 5.11. The van der Waals surface area contributed by atoms with Gasteiger partial charge in [-0.15, -0.1) is 11.3 Å². The first kappa shape index (κ1) is 16.0. The third kappa shape index (κ3) is 4.05. The Bertz CT molecular complexity index is 679. The molecule has 0 saturated carbocycles. The maximum atomic E-state index is 11.4. The Morgan fingerprint density at radius 2 is 2.00 bits per heavy atom. The average molecular weight is 320 g/mol. The van der Waals surface area contributed by atoms with E-state index in [2.05, 4.69) is 10.3 Å². The van der Waals surface area contributed by atoms with Gasteiger partial charge in [0.05, 0.1) is 5.69 Å². The van der Waals surface area contributed by atoms with Gasteiger partial charge >= 0.3 is 5.97 Å². The second kappa shape index (κ2) is 7.04. The van der Waals surface area contributed by atoms with Gasteiger partial charge in [-0.3, -0.25) is 4.79 Å². The minimum Gasteiger partial charge on any atom is -0.482 e. The van der Waals surface area contributed by atoms with Crippen molar-refractivity contribution < 1.29 is 19.4 Å². The number of amides is 1. The number of hydrogen-bond acceptors (Lipinski definition) is 5. The molecule has 0 atom stereocenters. The van der Waals surface area contributed by atoms with Gasteiger partial charge in [-0.2, -0.15) is 0 Å². The van der Waals surface area contributed by atoms with E-state index in [1.54, 1.807) is 19.1 Å². The molecule has 2 N–H and O–H groups in total. The first-order valence-corrected chi connectivity index (χ1v) is 7.53. The molecule has 0 fully saturated rings. The van der Waals surface area contributed by atoms with Crippen LogP contribution in [0, 0.1) is 6.92 Å². The van der Waals surface area contributed by atoms with Crippen molar-refractivity contribution in [3.05, 3.63) is 29.1 Å². The fourth-order valence-corrected chi connectivity index (χ4v) is 2.63. The van der Waals surface area contributed by atoms with Crippen LogP contribution in [-0.4, -0.2) is 28.6 Å². The summed E-state index contributed by atoms with van der Waals surface area (Å²) < 4.78 is 5.09. The molecular formula is C15H16N2O4S. The summed E-state index contributed by atoms with van der Waals surface area (Å²) in [6.07, 6.45) is 0.406. The highest BCUT2D eigenvalue weighted by Gasteiger charge is 2.11. The number of carbonyl (C=O) groups excluding carboxylic acids is 1. The van der Waals surface area contributed by atoms with Crippen molar-refractivity contribution in [2.24, 2.45) is 0 Å². The van der Waals surface area contributed by atoms with Crippen molar-refractivity contribution >= 4 is 28.3 Å². The molecule has 0 bridgehead atoms. The number of aromatic nitrogens is 1. The molecule has 1 aromatic carbocycles. The summed E-state index contributed by atoms with van der Waals surface area (Å²) in [7, 11) is 0. The topological polar surface area (TPSA) is 88.5 Å². The number of aliphatic carboxylic acids is 1. The largest absolute Gasteiger partial charge is 0.482 e. The van der Waals surface area contributed by atoms with Crippen LogP contribution in [0.4, 0.5) is 5.13 Å². The monoisotopic (exact) mass is 320 g/mol. The van der Waals surface area contributed by atoms with Crippen LogP contribution >= 0.6 is 11.3 Å². The van der Waals surface area contributed by atoms with E-state index in [-0.39, 0.29) is 12.5 Å². The third-order valence-electron chi connectivity index (χ3n) is 2.85. The van der Waals surface area contributed by atoms with E-state index in [1.165, 1.54) is 11.3 Å². The van der Waals surface area contributed by atoms with Gasteiger partial charge in [0.2, 0.25) is 5.91 Å². The predicted octanol–water partition coefficient (Wildman–Crippen LogP) is 2.93. The Hall–Kier alpha value is -2.41. The molecule has 1 aromatic heterocycles. The zero-order valence-corrected chi connectivity index (χ0v) is 13.1. The molecule has 2 rings (SSSR count). The lowest BCUT2D eigenvalue weighted by molar-refractivity contribution is -0.139. The second-order valence-corrected chi connectivity index (χ2v) is 5.74. The number of anilines is 1. The van der Waals surface area contributed by atoms with Crippen LogP contribution in [0.3, 0.4) is 0 Å². The molecule has 116 valence electrons. The first-order chi connectivity index (χ1) is 10.5. The fourth-order valence-electron chi connectivity index (χ4n) is 1.78.